The number of nitrogens with zero attached hydrogens (tertiary/aromatic N) is 2. The summed E-state index contributed by atoms with van der Waals surface area (Å²) in [7, 11) is 0. The van der Waals surface area contributed by atoms with E-state index in [1.807, 2.05) is 30.3 Å². The fourth-order valence-corrected chi connectivity index (χ4v) is 5.23. The summed E-state index contributed by atoms with van der Waals surface area (Å²) in [6.07, 6.45) is 3.49. The van der Waals surface area contributed by atoms with Crippen molar-refractivity contribution in [2.45, 2.75) is 36.2 Å². The molecule has 5 heteroatoms. The van der Waals surface area contributed by atoms with Crippen molar-refractivity contribution < 1.29 is 4.79 Å². The summed E-state index contributed by atoms with van der Waals surface area (Å²) in [5, 5.41) is 1.68. The van der Waals surface area contributed by atoms with Gasteiger partial charge in [-0.3, -0.25) is 4.79 Å². The summed E-state index contributed by atoms with van der Waals surface area (Å²) in [4.78, 5) is 17.1. The van der Waals surface area contributed by atoms with Gasteiger partial charge < -0.3 is 4.57 Å². The van der Waals surface area contributed by atoms with Gasteiger partial charge >= 0.3 is 0 Å². The maximum atomic E-state index is 12.3. The molecule has 0 amide bonds. The van der Waals surface area contributed by atoms with Crippen LogP contribution in [0.15, 0.2) is 35.5 Å². The number of benzene rings is 1. The minimum Gasteiger partial charge on any atom is -0.322 e. The van der Waals surface area contributed by atoms with E-state index in [1.54, 1.807) is 11.8 Å². The second-order valence-corrected chi connectivity index (χ2v) is 7.72. The molecule has 1 aromatic carbocycles. The van der Waals surface area contributed by atoms with Crippen LogP contribution in [-0.4, -0.2) is 25.7 Å². The van der Waals surface area contributed by atoms with Crippen LogP contribution in [0.5, 0.6) is 0 Å². The van der Waals surface area contributed by atoms with Gasteiger partial charge in [-0.25, -0.2) is 4.98 Å². The smallest absolute Gasteiger partial charge is 0.219 e. The van der Waals surface area contributed by atoms with Gasteiger partial charge in [0, 0.05) is 28.8 Å². The SMILES string of the molecule is O=C(S[C@H]1CSc2nc3c(n2C1)CCC3)c1ccccc1. The third-order valence-corrected chi connectivity index (χ3v) is 6.46. The summed E-state index contributed by atoms with van der Waals surface area (Å²) in [6.45, 7) is 0.925. The molecule has 21 heavy (non-hydrogen) atoms. The van der Waals surface area contributed by atoms with Gasteiger partial charge in [0.15, 0.2) is 5.16 Å². The maximum absolute atomic E-state index is 12.3. The molecule has 3 nitrogen and oxygen atoms in total. The van der Waals surface area contributed by atoms with Crippen molar-refractivity contribution in [3.8, 4) is 0 Å². The van der Waals surface area contributed by atoms with Gasteiger partial charge in [-0.05, 0) is 19.3 Å². The molecule has 1 aromatic heterocycles. The molecule has 0 saturated heterocycles. The Bertz CT molecular complexity index is 681. The fraction of sp³-hybridized carbons (Fsp3) is 0.375. The predicted molar refractivity (Wildman–Crippen MR) is 87.1 cm³/mol. The highest BCUT2D eigenvalue weighted by Gasteiger charge is 2.29. The molecule has 2 heterocycles. The molecule has 0 fully saturated rings. The summed E-state index contributed by atoms with van der Waals surface area (Å²) in [5.74, 6) is 0.971. The third-order valence-electron chi connectivity index (χ3n) is 4.02. The number of aromatic nitrogens is 2. The van der Waals surface area contributed by atoms with Gasteiger partial charge in [-0.15, -0.1) is 0 Å². The molecule has 0 N–H and O–H groups in total. The Morgan fingerprint density at radius 3 is 3.00 bits per heavy atom. The van der Waals surface area contributed by atoms with Crippen molar-refractivity contribution in [2.75, 3.05) is 5.75 Å². The molecule has 1 atom stereocenters. The van der Waals surface area contributed by atoms with Crippen LogP contribution in [0, 0.1) is 0 Å². The van der Waals surface area contributed by atoms with Gasteiger partial charge in [-0.1, -0.05) is 53.9 Å². The molecule has 0 bridgehead atoms. The van der Waals surface area contributed by atoms with E-state index < -0.39 is 0 Å². The predicted octanol–water partition coefficient (Wildman–Crippen LogP) is 3.42. The Morgan fingerprint density at radius 2 is 2.14 bits per heavy atom. The number of fused-ring (bicyclic) bond motifs is 3. The van der Waals surface area contributed by atoms with Gasteiger partial charge in [0.05, 0.1) is 5.69 Å². The minimum absolute atomic E-state index is 0.182. The molecule has 1 aliphatic carbocycles. The lowest BCUT2D eigenvalue weighted by Gasteiger charge is -2.23. The van der Waals surface area contributed by atoms with E-state index in [2.05, 4.69) is 4.57 Å². The zero-order chi connectivity index (χ0) is 14.2. The quantitative estimate of drug-likeness (QED) is 0.850. The zero-order valence-corrected chi connectivity index (χ0v) is 13.3. The van der Waals surface area contributed by atoms with Crippen LogP contribution < -0.4 is 0 Å². The highest BCUT2D eigenvalue weighted by atomic mass is 32.2. The van der Waals surface area contributed by atoms with Crippen LogP contribution in [0.4, 0.5) is 0 Å². The number of aryl methyl sites for hydroxylation is 1. The van der Waals surface area contributed by atoms with Gasteiger partial charge in [0.1, 0.15) is 0 Å². The van der Waals surface area contributed by atoms with Gasteiger partial charge in [0.2, 0.25) is 5.12 Å². The molecular weight excluding hydrogens is 300 g/mol. The highest BCUT2D eigenvalue weighted by Crippen LogP contribution is 2.35. The molecule has 2 aromatic rings. The number of hydrogen-bond acceptors (Lipinski definition) is 4. The second kappa shape index (κ2) is 5.54. The van der Waals surface area contributed by atoms with E-state index in [0.717, 1.165) is 35.9 Å². The van der Waals surface area contributed by atoms with E-state index in [9.17, 15) is 4.79 Å². The normalized spacial score (nSPS) is 20.1. The van der Waals surface area contributed by atoms with Crippen molar-refractivity contribution in [3.63, 3.8) is 0 Å². The van der Waals surface area contributed by atoms with Crippen LogP contribution in [0.2, 0.25) is 0 Å². The third kappa shape index (κ3) is 2.53. The van der Waals surface area contributed by atoms with Gasteiger partial charge in [-0.2, -0.15) is 0 Å². The van der Waals surface area contributed by atoms with Crippen LogP contribution in [0.3, 0.4) is 0 Å². The van der Waals surface area contributed by atoms with Crippen molar-refractivity contribution >= 4 is 28.6 Å². The highest BCUT2D eigenvalue weighted by molar-refractivity contribution is 8.15. The Morgan fingerprint density at radius 1 is 1.29 bits per heavy atom. The van der Waals surface area contributed by atoms with Crippen molar-refractivity contribution in [1.29, 1.82) is 0 Å². The Labute approximate surface area is 132 Å². The van der Waals surface area contributed by atoms with Gasteiger partial charge in [0.25, 0.3) is 0 Å². The molecule has 1 aliphatic heterocycles. The topological polar surface area (TPSA) is 34.9 Å². The van der Waals surface area contributed by atoms with Crippen LogP contribution in [0.1, 0.15) is 28.2 Å². The van der Waals surface area contributed by atoms with E-state index in [1.165, 1.54) is 29.6 Å². The van der Waals surface area contributed by atoms with Crippen LogP contribution >= 0.6 is 23.5 Å². The van der Waals surface area contributed by atoms with Crippen LogP contribution in [-0.2, 0) is 19.4 Å². The van der Waals surface area contributed by atoms with E-state index >= 15 is 0 Å². The first-order chi connectivity index (χ1) is 10.3. The number of hydrogen-bond donors (Lipinski definition) is 0. The number of rotatable bonds is 2. The summed E-state index contributed by atoms with van der Waals surface area (Å²) in [5.41, 5.74) is 3.50. The van der Waals surface area contributed by atoms with Crippen molar-refractivity contribution in [2.24, 2.45) is 0 Å². The lowest BCUT2D eigenvalue weighted by Crippen LogP contribution is -2.24. The van der Waals surface area contributed by atoms with Crippen LogP contribution in [0.25, 0.3) is 0 Å². The maximum Gasteiger partial charge on any atom is 0.219 e. The lowest BCUT2D eigenvalue weighted by atomic mass is 10.2. The Hall–Kier alpha value is -1.20. The zero-order valence-electron chi connectivity index (χ0n) is 11.6. The first-order valence-electron chi connectivity index (χ1n) is 7.28. The average molecular weight is 316 g/mol. The second-order valence-electron chi connectivity index (χ2n) is 5.46. The van der Waals surface area contributed by atoms with E-state index in [4.69, 9.17) is 4.98 Å². The molecule has 0 radical (unpaired) electrons. The molecule has 0 unspecified atom stereocenters. The monoisotopic (exact) mass is 316 g/mol. The molecule has 108 valence electrons. The number of imidazole rings is 1. The summed E-state index contributed by atoms with van der Waals surface area (Å²) < 4.78 is 2.35. The molecule has 2 aliphatic rings. The summed E-state index contributed by atoms with van der Waals surface area (Å²) in [6, 6.07) is 9.57. The van der Waals surface area contributed by atoms with E-state index in [0.29, 0.717) is 5.25 Å². The number of thioether (sulfide) groups is 2. The summed E-state index contributed by atoms with van der Waals surface area (Å²) >= 11 is 3.27. The standard InChI is InChI=1S/C16H16N2OS2/c19-15(11-5-2-1-3-6-11)21-12-9-18-14-8-4-7-13(14)17-16(18)20-10-12/h1-3,5-6,12H,4,7-10H2/t12-/m1/s1. The minimum atomic E-state index is 0.182. The molecule has 0 saturated carbocycles. The fourth-order valence-electron chi connectivity index (χ4n) is 3.00. The number of carbonyl (C=O) groups is 1. The molecule has 4 rings (SSSR count). The first kappa shape index (κ1) is 13.5. The average Bonchev–Trinajstić information content (AvgIpc) is 3.09. The lowest BCUT2D eigenvalue weighted by molar-refractivity contribution is 0.108. The molecular formula is C16H16N2OS2. The number of carbonyl (C=O) groups excluding carboxylic acids is 1. The largest absolute Gasteiger partial charge is 0.322 e. The Kier molecular flexibility index (Phi) is 3.55. The van der Waals surface area contributed by atoms with E-state index in [-0.39, 0.29) is 5.12 Å². The molecule has 0 spiro atoms. The van der Waals surface area contributed by atoms with Crippen molar-refractivity contribution in [1.82, 2.24) is 9.55 Å². The first-order valence-corrected chi connectivity index (χ1v) is 9.15. The van der Waals surface area contributed by atoms with Crippen molar-refractivity contribution in [3.05, 3.63) is 47.3 Å². The Balaban J connectivity index is 1.50.